The van der Waals surface area contributed by atoms with Crippen LogP contribution >= 0.6 is 0 Å². The first-order valence-corrected chi connectivity index (χ1v) is 8.22. The molecule has 0 aliphatic heterocycles. The maximum atomic E-state index is 12.6. The van der Waals surface area contributed by atoms with Crippen molar-refractivity contribution < 1.29 is 8.42 Å². The summed E-state index contributed by atoms with van der Waals surface area (Å²) < 4.78 is 29.5. The van der Waals surface area contributed by atoms with E-state index in [9.17, 15) is 8.42 Å². The zero-order valence-corrected chi connectivity index (χ0v) is 12.3. The quantitative estimate of drug-likeness (QED) is 0.875. The Balaban J connectivity index is 2.04. The normalized spacial score (nSPS) is 22.1. The summed E-state index contributed by atoms with van der Waals surface area (Å²) >= 11 is 0. The number of fused-ring (bicyclic) bond motifs is 1. The molecule has 2 unspecified atom stereocenters. The van der Waals surface area contributed by atoms with E-state index in [2.05, 4.69) is 21.9 Å². The molecule has 20 heavy (non-hydrogen) atoms. The summed E-state index contributed by atoms with van der Waals surface area (Å²) in [5, 5.41) is 3.04. The zero-order valence-electron chi connectivity index (χ0n) is 11.5. The third-order valence-corrected chi connectivity index (χ3v) is 5.24. The molecular formula is C13H18N4O2S. The molecule has 0 aromatic carbocycles. The minimum Gasteiger partial charge on any atom is -0.371 e. The van der Waals surface area contributed by atoms with Gasteiger partial charge in [0.05, 0.1) is 0 Å². The van der Waals surface area contributed by atoms with Crippen molar-refractivity contribution in [3.05, 3.63) is 24.4 Å². The maximum absolute atomic E-state index is 12.6. The van der Waals surface area contributed by atoms with Gasteiger partial charge in [-0.15, -0.1) is 0 Å². The largest absolute Gasteiger partial charge is 0.371 e. The molecule has 2 aromatic rings. The highest BCUT2D eigenvalue weighted by molar-refractivity contribution is 7.89. The van der Waals surface area contributed by atoms with Gasteiger partial charge in [0.1, 0.15) is 5.65 Å². The summed E-state index contributed by atoms with van der Waals surface area (Å²) in [6.45, 7) is 2.08. The number of rotatable bonds is 5. The molecule has 2 atom stereocenters. The van der Waals surface area contributed by atoms with Crippen molar-refractivity contribution in [2.75, 3.05) is 12.4 Å². The fraction of sp³-hybridized carbons (Fsp3) is 0.462. The highest BCUT2D eigenvalue weighted by Crippen LogP contribution is 2.35. The van der Waals surface area contributed by atoms with Gasteiger partial charge >= 0.3 is 0 Å². The lowest BCUT2D eigenvalue weighted by Gasteiger charge is -2.07. The second-order valence-electron chi connectivity index (χ2n) is 5.08. The lowest BCUT2D eigenvalue weighted by Crippen LogP contribution is -2.28. The minimum atomic E-state index is -3.58. The van der Waals surface area contributed by atoms with Crippen molar-refractivity contribution >= 4 is 21.5 Å². The van der Waals surface area contributed by atoms with Gasteiger partial charge in [0.15, 0.2) is 10.8 Å². The van der Waals surface area contributed by atoms with Gasteiger partial charge in [-0.25, -0.2) is 18.1 Å². The second-order valence-corrected chi connectivity index (χ2v) is 6.71. The molecule has 6 nitrogen and oxygen atoms in total. The van der Waals surface area contributed by atoms with Gasteiger partial charge in [-0.1, -0.05) is 19.4 Å². The van der Waals surface area contributed by atoms with E-state index in [1.165, 1.54) is 0 Å². The fourth-order valence-corrected chi connectivity index (χ4v) is 4.11. The number of pyridine rings is 1. The topological polar surface area (TPSA) is 75.5 Å². The standard InChI is InChI=1S/C13H18N4O2S/c1-3-9-8-10(9)16-20(18,19)13-12(14-2)15-11-6-4-5-7-17(11)13/h4-7,9-10,14,16H,3,8H2,1-2H3. The summed E-state index contributed by atoms with van der Waals surface area (Å²) in [6.07, 6.45) is 3.63. The number of hydrogen-bond donors (Lipinski definition) is 2. The van der Waals surface area contributed by atoms with Gasteiger partial charge < -0.3 is 5.32 Å². The molecule has 2 N–H and O–H groups in total. The van der Waals surface area contributed by atoms with Gasteiger partial charge in [-0.3, -0.25) is 4.40 Å². The van der Waals surface area contributed by atoms with Crippen molar-refractivity contribution in [1.82, 2.24) is 14.1 Å². The maximum Gasteiger partial charge on any atom is 0.260 e. The van der Waals surface area contributed by atoms with E-state index in [0.29, 0.717) is 17.4 Å². The Labute approximate surface area is 118 Å². The monoisotopic (exact) mass is 294 g/mol. The first kappa shape index (κ1) is 13.4. The Morgan fingerprint density at radius 1 is 1.45 bits per heavy atom. The van der Waals surface area contributed by atoms with Crippen LogP contribution < -0.4 is 10.0 Å². The van der Waals surface area contributed by atoms with Gasteiger partial charge in [0.2, 0.25) is 0 Å². The summed E-state index contributed by atoms with van der Waals surface area (Å²) in [6, 6.07) is 5.47. The molecular weight excluding hydrogens is 276 g/mol. The number of imidazole rings is 1. The van der Waals surface area contributed by atoms with Gasteiger partial charge in [0, 0.05) is 19.3 Å². The van der Waals surface area contributed by atoms with E-state index in [1.807, 2.05) is 6.07 Å². The van der Waals surface area contributed by atoms with Crippen LogP contribution in [0.5, 0.6) is 0 Å². The number of nitrogens with zero attached hydrogens (tertiary/aromatic N) is 2. The smallest absolute Gasteiger partial charge is 0.260 e. The Kier molecular flexibility index (Phi) is 3.18. The van der Waals surface area contributed by atoms with Crippen LogP contribution in [0.4, 0.5) is 5.82 Å². The van der Waals surface area contributed by atoms with Crippen molar-refractivity contribution in [3.8, 4) is 0 Å². The van der Waals surface area contributed by atoms with Crippen molar-refractivity contribution in [2.24, 2.45) is 5.92 Å². The summed E-state index contributed by atoms with van der Waals surface area (Å²) in [5.74, 6) is 0.833. The molecule has 1 saturated carbocycles. The summed E-state index contributed by atoms with van der Waals surface area (Å²) in [4.78, 5) is 4.30. The average Bonchev–Trinajstić information content (AvgIpc) is 3.04. The van der Waals surface area contributed by atoms with Crippen LogP contribution in [-0.4, -0.2) is 30.9 Å². The number of aromatic nitrogens is 2. The third kappa shape index (κ3) is 2.16. The second kappa shape index (κ2) is 4.75. The molecule has 0 spiro atoms. The minimum absolute atomic E-state index is 0.0592. The number of hydrogen-bond acceptors (Lipinski definition) is 4. The molecule has 108 valence electrons. The van der Waals surface area contributed by atoms with E-state index in [4.69, 9.17) is 0 Å². The van der Waals surface area contributed by atoms with Crippen molar-refractivity contribution in [3.63, 3.8) is 0 Å². The van der Waals surface area contributed by atoms with E-state index in [-0.39, 0.29) is 11.1 Å². The number of nitrogens with one attached hydrogen (secondary N) is 2. The van der Waals surface area contributed by atoms with E-state index in [0.717, 1.165) is 12.8 Å². The molecule has 7 heteroatoms. The molecule has 2 heterocycles. The van der Waals surface area contributed by atoms with E-state index in [1.54, 1.807) is 29.8 Å². The molecule has 2 aromatic heterocycles. The fourth-order valence-electron chi connectivity index (χ4n) is 2.49. The van der Waals surface area contributed by atoms with Crippen LogP contribution in [0.2, 0.25) is 0 Å². The molecule has 3 rings (SSSR count). The predicted molar refractivity (Wildman–Crippen MR) is 77.2 cm³/mol. The summed E-state index contributed by atoms with van der Waals surface area (Å²) in [7, 11) is -1.90. The Morgan fingerprint density at radius 2 is 2.25 bits per heavy atom. The highest BCUT2D eigenvalue weighted by atomic mass is 32.2. The van der Waals surface area contributed by atoms with Crippen LogP contribution in [0.3, 0.4) is 0 Å². The first-order valence-electron chi connectivity index (χ1n) is 6.74. The van der Waals surface area contributed by atoms with Crippen LogP contribution in [0.15, 0.2) is 29.4 Å². The molecule has 1 aliphatic carbocycles. The molecule has 1 aliphatic rings. The van der Waals surface area contributed by atoms with Gasteiger partial charge in [-0.05, 0) is 24.5 Å². The lowest BCUT2D eigenvalue weighted by molar-refractivity contribution is 0.571. The van der Waals surface area contributed by atoms with Crippen LogP contribution in [0.1, 0.15) is 19.8 Å². The molecule has 0 bridgehead atoms. The van der Waals surface area contributed by atoms with Crippen LogP contribution in [0.25, 0.3) is 5.65 Å². The summed E-state index contributed by atoms with van der Waals surface area (Å²) in [5.41, 5.74) is 0.611. The van der Waals surface area contributed by atoms with Crippen LogP contribution in [-0.2, 0) is 10.0 Å². The molecule has 1 fully saturated rings. The van der Waals surface area contributed by atoms with Crippen molar-refractivity contribution in [1.29, 1.82) is 0 Å². The molecule has 0 amide bonds. The highest BCUT2D eigenvalue weighted by Gasteiger charge is 2.40. The third-order valence-electron chi connectivity index (χ3n) is 3.73. The number of anilines is 1. The first-order chi connectivity index (χ1) is 9.56. The van der Waals surface area contributed by atoms with Crippen LogP contribution in [0, 0.1) is 5.92 Å². The number of sulfonamides is 1. The predicted octanol–water partition coefficient (Wildman–Crippen LogP) is 1.45. The Morgan fingerprint density at radius 3 is 2.90 bits per heavy atom. The van der Waals surface area contributed by atoms with Crippen molar-refractivity contribution in [2.45, 2.75) is 30.8 Å². The van der Waals surface area contributed by atoms with Gasteiger partial charge in [0.25, 0.3) is 10.0 Å². The zero-order chi connectivity index (χ0) is 14.3. The van der Waals surface area contributed by atoms with Gasteiger partial charge in [-0.2, -0.15) is 0 Å². The SMILES string of the molecule is CCC1CC1NS(=O)(=O)c1c(NC)nc2ccccn12. The van der Waals surface area contributed by atoms with E-state index < -0.39 is 10.0 Å². The Hall–Kier alpha value is -1.60. The average molecular weight is 294 g/mol. The Bertz CT molecular complexity index is 738. The molecule has 0 saturated heterocycles. The lowest BCUT2D eigenvalue weighted by atomic mass is 10.3. The van der Waals surface area contributed by atoms with E-state index >= 15 is 0 Å². The molecule has 0 radical (unpaired) electrons.